The van der Waals surface area contributed by atoms with Crippen LogP contribution in [0.1, 0.15) is 50.1 Å². The summed E-state index contributed by atoms with van der Waals surface area (Å²) in [5.41, 5.74) is 2.54. The van der Waals surface area contributed by atoms with E-state index in [1.165, 1.54) is 8.99 Å². The van der Waals surface area contributed by atoms with Gasteiger partial charge in [0.05, 0.1) is 11.4 Å². The largest absolute Gasteiger partial charge is 0.353 e. The zero-order chi connectivity index (χ0) is 25.0. The van der Waals surface area contributed by atoms with Crippen LogP contribution in [0.25, 0.3) is 0 Å². The van der Waals surface area contributed by atoms with Gasteiger partial charge in [-0.25, -0.2) is 8.42 Å². The van der Waals surface area contributed by atoms with Gasteiger partial charge in [-0.1, -0.05) is 24.6 Å². The third-order valence-corrected chi connectivity index (χ3v) is 8.52. The highest BCUT2D eigenvalue weighted by atomic mass is 32.2. The van der Waals surface area contributed by atoms with Crippen molar-refractivity contribution in [1.29, 1.82) is 0 Å². The summed E-state index contributed by atoms with van der Waals surface area (Å²) in [6.07, 6.45) is 1.81. The second kappa shape index (κ2) is 10.7. The molecule has 2 N–H and O–H groups in total. The van der Waals surface area contributed by atoms with Crippen molar-refractivity contribution in [1.82, 2.24) is 19.4 Å². The Labute approximate surface area is 202 Å². The third kappa shape index (κ3) is 5.85. The van der Waals surface area contributed by atoms with Gasteiger partial charge in [0.25, 0.3) is 0 Å². The molecule has 34 heavy (non-hydrogen) atoms. The molecule has 186 valence electrons. The summed E-state index contributed by atoms with van der Waals surface area (Å²) in [5, 5.41) is 10.1. The predicted octanol–water partition coefficient (Wildman–Crippen LogP) is 2.76. The Kier molecular flexibility index (Phi) is 8.14. The van der Waals surface area contributed by atoms with E-state index in [0.717, 1.165) is 12.0 Å². The molecule has 3 rings (SSSR count). The van der Waals surface area contributed by atoms with Gasteiger partial charge < -0.3 is 10.6 Å². The van der Waals surface area contributed by atoms with Crippen LogP contribution in [0.2, 0.25) is 0 Å². The lowest BCUT2D eigenvalue weighted by molar-refractivity contribution is -0.126. The van der Waals surface area contributed by atoms with Crippen molar-refractivity contribution in [3.05, 3.63) is 41.2 Å². The van der Waals surface area contributed by atoms with Crippen LogP contribution in [0, 0.1) is 26.7 Å². The Morgan fingerprint density at radius 1 is 1.12 bits per heavy atom. The van der Waals surface area contributed by atoms with Gasteiger partial charge in [0, 0.05) is 30.7 Å². The molecule has 0 unspecified atom stereocenters. The standard InChI is InChI=1S/C24H35N5O4S/c1-6-17(3)25-24(31)20-11-13-28(14-12-20)34(32,33)23-18(4)27-29(19(23)5)15-22(30)26-21-9-7-16(2)8-10-21/h7-10,17,20H,6,11-15H2,1-5H3,(H,25,31)(H,26,30)/t17-/m0/s1. The zero-order valence-electron chi connectivity index (χ0n) is 20.6. The van der Waals surface area contributed by atoms with E-state index in [2.05, 4.69) is 15.7 Å². The molecule has 1 fully saturated rings. The molecule has 1 aromatic carbocycles. The van der Waals surface area contributed by atoms with Crippen molar-refractivity contribution in [2.45, 2.75) is 71.4 Å². The van der Waals surface area contributed by atoms with Crippen LogP contribution >= 0.6 is 0 Å². The van der Waals surface area contributed by atoms with Crippen molar-refractivity contribution in [2.75, 3.05) is 18.4 Å². The van der Waals surface area contributed by atoms with E-state index in [1.807, 2.05) is 45.0 Å². The van der Waals surface area contributed by atoms with E-state index < -0.39 is 10.0 Å². The second-order valence-electron chi connectivity index (χ2n) is 9.07. The first-order valence-electron chi connectivity index (χ1n) is 11.7. The van der Waals surface area contributed by atoms with Gasteiger partial charge in [-0.15, -0.1) is 0 Å². The molecule has 1 atom stereocenters. The number of rotatable bonds is 8. The van der Waals surface area contributed by atoms with Crippen molar-refractivity contribution in [3.8, 4) is 0 Å². The fourth-order valence-corrected chi connectivity index (χ4v) is 5.97. The van der Waals surface area contributed by atoms with Crippen LogP contribution < -0.4 is 10.6 Å². The molecule has 1 aliphatic rings. The molecule has 0 bridgehead atoms. The van der Waals surface area contributed by atoms with Crippen LogP contribution in [0.15, 0.2) is 29.2 Å². The van der Waals surface area contributed by atoms with Gasteiger partial charge in [0.1, 0.15) is 11.4 Å². The van der Waals surface area contributed by atoms with Crippen LogP contribution in [-0.4, -0.2) is 53.4 Å². The minimum atomic E-state index is -3.79. The summed E-state index contributed by atoms with van der Waals surface area (Å²) in [7, 11) is -3.79. The number of carbonyl (C=O) groups excluding carboxylic acids is 2. The number of nitrogens with one attached hydrogen (secondary N) is 2. The lowest BCUT2D eigenvalue weighted by atomic mass is 9.97. The van der Waals surface area contributed by atoms with Crippen molar-refractivity contribution < 1.29 is 18.0 Å². The van der Waals surface area contributed by atoms with Gasteiger partial charge in [-0.3, -0.25) is 14.3 Å². The number of nitrogens with zero attached hydrogens (tertiary/aromatic N) is 3. The molecule has 10 heteroatoms. The number of anilines is 1. The van der Waals surface area contributed by atoms with Gasteiger partial charge in [0.15, 0.2) is 0 Å². The van der Waals surface area contributed by atoms with Gasteiger partial charge in [-0.2, -0.15) is 9.40 Å². The molecule has 2 amide bonds. The van der Waals surface area contributed by atoms with E-state index in [1.54, 1.807) is 13.8 Å². The molecule has 1 saturated heterocycles. The van der Waals surface area contributed by atoms with Crippen molar-refractivity contribution >= 4 is 27.5 Å². The number of hydrogen-bond acceptors (Lipinski definition) is 5. The maximum absolute atomic E-state index is 13.4. The zero-order valence-corrected chi connectivity index (χ0v) is 21.4. The summed E-state index contributed by atoms with van der Waals surface area (Å²) < 4.78 is 29.7. The third-order valence-electron chi connectivity index (χ3n) is 6.37. The SMILES string of the molecule is CC[C@H](C)NC(=O)C1CCN(S(=O)(=O)c2c(C)nn(CC(=O)Nc3ccc(C)cc3)c2C)CC1. The van der Waals surface area contributed by atoms with E-state index in [9.17, 15) is 18.0 Å². The molecule has 0 spiro atoms. The lowest BCUT2D eigenvalue weighted by Crippen LogP contribution is -2.44. The van der Waals surface area contributed by atoms with E-state index in [-0.39, 0.29) is 48.3 Å². The van der Waals surface area contributed by atoms with Crippen LogP contribution in [-0.2, 0) is 26.2 Å². The minimum Gasteiger partial charge on any atom is -0.353 e. The van der Waals surface area contributed by atoms with E-state index in [0.29, 0.717) is 29.9 Å². The Morgan fingerprint density at radius 3 is 2.32 bits per heavy atom. The van der Waals surface area contributed by atoms with Gasteiger partial charge in [0.2, 0.25) is 21.8 Å². The molecule has 2 aromatic rings. The average molecular weight is 490 g/mol. The van der Waals surface area contributed by atoms with E-state index in [4.69, 9.17) is 0 Å². The highest BCUT2D eigenvalue weighted by molar-refractivity contribution is 7.89. The second-order valence-corrected chi connectivity index (χ2v) is 10.9. The molecule has 0 saturated carbocycles. The smallest absolute Gasteiger partial charge is 0.246 e. The van der Waals surface area contributed by atoms with E-state index >= 15 is 0 Å². The quantitative estimate of drug-likeness (QED) is 0.592. The topological polar surface area (TPSA) is 113 Å². The summed E-state index contributed by atoms with van der Waals surface area (Å²) in [4.78, 5) is 25.1. The summed E-state index contributed by atoms with van der Waals surface area (Å²) >= 11 is 0. The Morgan fingerprint density at radius 2 is 1.74 bits per heavy atom. The normalized spacial score (nSPS) is 16.3. The number of benzene rings is 1. The maximum atomic E-state index is 13.4. The van der Waals surface area contributed by atoms with Crippen LogP contribution in [0.4, 0.5) is 5.69 Å². The fourth-order valence-electron chi connectivity index (χ4n) is 4.13. The first-order chi connectivity index (χ1) is 16.0. The number of sulfonamides is 1. The molecule has 1 aromatic heterocycles. The monoisotopic (exact) mass is 489 g/mol. The highest BCUT2D eigenvalue weighted by Crippen LogP contribution is 2.28. The van der Waals surface area contributed by atoms with Crippen molar-refractivity contribution in [3.63, 3.8) is 0 Å². The molecule has 0 radical (unpaired) electrons. The first-order valence-corrected chi connectivity index (χ1v) is 13.2. The molecule has 0 aliphatic carbocycles. The summed E-state index contributed by atoms with van der Waals surface area (Å²) in [6.45, 7) is 9.71. The average Bonchev–Trinajstić information content (AvgIpc) is 3.08. The molecular formula is C24H35N5O4S. The number of piperidine rings is 1. The van der Waals surface area contributed by atoms with Crippen LogP contribution in [0.5, 0.6) is 0 Å². The molecule has 1 aliphatic heterocycles. The Hall–Kier alpha value is -2.72. The lowest BCUT2D eigenvalue weighted by Gasteiger charge is -2.31. The highest BCUT2D eigenvalue weighted by Gasteiger charge is 2.35. The number of hydrogen-bond donors (Lipinski definition) is 2. The molecular weight excluding hydrogens is 454 g/mol. The Balaban J connectivity index is 1.68. The summed E-state index contributed by atoms with van der Waals surface area (Å²) in [6, 6.07) is 7.55. The number of aromatic nitrogens is 2. The number of carbonyl (C=O) groups is 2. The number of aryl methyl sites for hydroxylation is 2. The minimum absolute atomic E-state index is 0.00818. The van der Waals surface area contributed by atoms with Crippen LogP contribution in [0.3, 0.4) is 0 Å². The summed E-state index contributed by atoms with van der Waals surface area (Å²) in [5.74, 6) is -0.478. The number of amides is 2. The molecule has 9 nitrogen and oxygen atoms in total. The maximum Gasteiger partial charge on any atom is 0.246 e. The fraction of sp³-hybridized carbons (Fsp3) is 0.542. The molecule has 2 heterocycles. The van der Waals surface area contributed by atoms with Gasteiger partial charge >= 0.3 is 0 Å². The van der Waals surface area contributed by atoms with Gasteiger partial charge in [-0.05, 0) is 59.1 Å². The Bertz CT molecular complexity index is 1130. The van der Waals surface area contributed by atoms with Crippen molar-refractivity contribution in [2.24, 2.45) is 5.92 Å². The predicted molar refractivity (Wildman–Crippen MR) is 131 cm³/mol. The first kappa shape index (κ1) is 25.9.